The van der Waals surface area contributed by atoms with E-state index in [1.165, 1.54) is 0 Å². The van der Waals surface area contributed by atoms with Crippen LogP contribution in [0.25, 0.3) is 6.08 Å². The molecule has 0 spiro atoms. The maximum absolute atomic E-state index is 11.7. The summed E-state index contributed by atoms with van der Waals surface area (Å²) >= 11 is 0. The van der Waals surface area contributed by atoms with E-state index in [9.17, 15) is 8.42 Å². The third-order valence-corrected chi connectivity index (χ3v) is 3.88. The number of primary sulfonamides is 1. The fraction of sp³-hybridized carbons (Fsp3) is 0.0667. The monoisotopic (exact) mass is 273 g/mol. The fourth-order valence-electron chi connectivity index (χ4n) is 1.82. The molecule has 2 rings (SSSR count). The molecular formula is C15H15NO2S. The zero-order chi connectivity index (χ0) is 13.7. The van der Waals surface area contributed by atoms with E-state index in [-0.39, 0.29) is 0 Å². The second kappa shape index (κ2) is 5.82. The van der Waals surface area contributed by atoms with Gasteiger partial charge in [0.05, 0.1) is 0 Å². The van der Waals surface area contributed by atoms with Gasteiger partial charge in [0.1, 0.15) is 5.25 Å². The third kappa shape index (κ3) is 3.77. The lowest BCUT2D eigenvalue weighted by atomic mass is 10.1. The smallest absolute Gasteiger partial charge is 0.219 e. The van der Waals surface area contributed by atoms with Gasteiger partial charge in [0.2, 0.25) is 10.0 Å². The van der Waals surface area contributed by atoms with Crippen molar-refractivity contribution in [3.05, 3.63) is 77.9 Å². The van der Waals surface area contributed by atoms with Crippen LogP contribution in [0, 0.1) is 0 Å². The van der Waals surface area contributed by atoms with Crippen LogP contribution in [0.3, 0.4) is 0 Å². The lowest BCUT2D eigenvalue weighted by molar-refractivity contribution is 0.592. The molecule has 19 heavy (non-hydrogen) atoms. The van der Waals surface area contributed by atoms with Gasteiger partial charge in [-0.1, -0.05) is 72.8 Å². The number of rotatable bonds is 4. The molecule has 2 aromatic rings. The zero-order valence-electron chi connectivity index (χ0n) is 10.3. The Labute approximate surface area is 113 Å². The normalized spacial score (nSPS) is 13.5. The zero-order valence-corrected chi connectivity index (χ0v) is 11.1. The molecule has 0 aromatic heterocycles. The van der Waals surface area contributed by atoms with E-state index >= 15 is 0 Å². The summed E-state index contributed by atoms with van der Waals surface area (Å²) in [4.78, 5) is 0. The molecule has 0 aliphatic heterocycles. The molecule has 3 nitrogen and oxygen atoms in total. The maximum atomic E-state index is 11.7. The van der Waals surface area contributed by atoms with Crippen molar-refractivity contribution in [1.29, 1.82) is 0 Å². The van der Waals surface area contributed by atoms with Gasteiger partial charge < -0.3 is 0 Å². The Morgan fingerprint density at radius 2 is 1.42 bits per heavy atom. The Morgan fingerprint density at radius 3 is 1.95 bits per heavy atom. The van der Waals surface area contributed by atoms with Crippen molar-refractivity contribution in [2.24, 2.45) is 5.14 Å². The molecule has 0 amide bonds. The summed E-state index contributed by atoms with van der Waals surface area (Å²) in [6, 6.07) is 18.4. The molecule has 0 saturated heterocycles. The van der Waals surface area contributed by atoms with Gasteiger partial charge in [0.15, 0.2) is 0 Å². The summed E-state index contributed by atoms with van der Waals surface area (Å²) in [5, 5.41) is 4.47. The average Bonchev–Trinajstić information content (AvgIpc) is 2.40. The average molecular weight is 273 g/mol. The highest BCUT2D eigenvalue weighted by atomic mass is 32.2. The number of hydrogen-bond acceptors (Lipinski definition) is 2. The van der Waals surface area contributed by atoms with E-state index in [4.69, 9.17) is 5.14 Å². The molecule has 98 valence electrons. The molecular weight excluding hydrogens is 258 g/mol. The first kappa shape index (κ1) is 13.5. The minimum Gasteiger partial charge on any atom is -0.228 e. The lowest BCUT2D eigenvalue weighted by Gasteiger charge is -2.10. The molecule has 0 aliphatic carbocycles. The lowest BCUT2D eigenvalue weighted by Crippen LogP contribution is -2.20. The van der Waals surface area contributed by atoms with Crippen LogP contribution in [0.15, 0.2) is 66.7 Å². The standard InChI is InChI=1S/C15H15NO2S/c16-19(17,18)15(14-9-5-2-6-10-14)12-11-13-7-3-1-4-8-13/h1-12,15H,(H2,16,17,18). The van der Waals surface area contributed by atoms with Crippen LogP contribution >= 0.6 is 0 Å². The van der Waals surface area contributed by atoms with Crippen LogP contribution in [-0.2, 0) is 10.0 Å². The Kier molecular flexibility index (Phi) is 4.14. The molecule has 0 radical (unpaired) electrons. The Morgan fingerprint density at radius 1 is 0.895 bits per heavy atom. The molecule has 0 heterocycles. The van der Waals surface area contributed by atoms with E-state index in [1.54, 1.807) is 36.4 Å². The van der Waals surface area contributed by atoms with Crippen molar-refractivity contribution < 1.29 is 8.42 Å². The summed E-state index contributed by atoms with van der Waals surface area (Å²) < 4.78 is 23.4. The van der Waals surface area contributed by atoms with Crippen LogP contribution in [0.1, 0.15) is 16.4 Å². The van der Waals surface area contributed by atoms with Crippen LogP contribution in [-0.4, -0.2) is 8.42 Å². The first-order valence-electron chi connectivity index (χ1n) is 5.87. The molecule has 4 heteroatoms. The van der Waals surface area contributed by atoms with E-state index in [2.05, 4.69) is 0 Å². The summed E-state index contributed by atoms with van der Waals surface area (Å²) in [6.45, 7) is 0. The predicted octanol–water partition coefficient (Wildman–Crippen LogP) is 2.73. The molecule has 0 fully saturated rings. The first-order valence-corrected chi connectivity index (χ1v) is 7.48. The van der Waals surface area contributed by atoms with Crippen molar-refractivity contribution >= 4 is 16.1 Å². The van der Waals surface area contributed by atoms with Gasteiger partial charge in [0.25, 0.3) is 0 Å². The van der Waals surface area contributed by atoms with Crippen LogP contribution < -0.4 is 5.14 Å². The van der Waals surface area contributed by atoms with Gasteiger partial charge in [-0.05, 0) is 11.1 Å². The molecule has 0 bridgehead atoms. The summed E-state index contributed by atoms with van der Waals surface area (Å²) in [5.41, 5.74) is 1.60. The quantitative estimate of drug-likeness (QED) is 0.931. The Hall–Kier alpha value is -1.91. The summed E-state index contributed by atoms with van der Waals surface area (Å²) in [6.07, 6.45) is 3.38. The van der Waals surface area contributed by atoms with Crippen LogP contribution in [0.2, 0.25) is 0 Å². The van der Waals surface area contributed by atoms with Crippen molar-refractivity contribution in [2.75, 3.05) is 0 Å². The van der Waals surface area contributed by atoms with Crippen molar-refractivity contribution in [2.45, 2.75) is 5.25 Å². The SMILES string of the molecule is NS(=O)(=O)C(C=Cc1ccccc1)c1ccccc1. The summed E-state index contributed by atoms with van der Waals surface area (Å²) in [5.74, 6) is 0. The third-order valence-electron chi connectivity index (χ3n) is 2.75. The molecule has 1 atom stereocenters. The van der Waals surface area contributed by atoms with Gasteiger partial charge in [-0.2, -0.15) is 0 Å². The first-order chi connectivity index (χ1) is 9.07. The minimum absolute atomic E-state index is 0.664. The topological polar surface area (TPSA) is 60.2 Å². The van der Waals surface area contributed by atoms with Gasteiger partial charge in [-0.25, -0.2) is 13.6 Å². The number of benzene rings is 2. The van der Waals surface area contributed by atoms with Crippen LogP contribution in [0.4, 0.5) is 0 Å². The largest absolute Gasteiger partial charge is 0.228 e. The number of sulfonamides is 1. The van der Waals surface area contributed by atoms with Crippen molar-refractivity contribution in [3.8, 4) is 0 Å². The van der Waals surface area contributed by atoms with Crippen molar-refractivity contribution in [1.82, 2.24) is 0 Å². The highest BCUT2D eigenvalue weighted by Crippen LogP contribution is 2.22. The van der Waals surface area contributed by atoms with E-state index in [0.717, 1.165) is 5.56 Å². The Balaban J connectivity index is 2.34. The second-order valence-electron chi connectivity index (χ2n) is 4.19. The molecule has 0 saturated carbocycles. The maximum Gasteiger partial charge on any atom is 0.219 e. The number of hydrogen-bond donors (Lipinski definition) is 1. The van der Waals surface area contributed by atoms with E-state index in [0.29, 0.717) is 5.56 Å². The van der Waals surface area contributed by atoms with E-state index in [1.807, 2.05) is 36.4 Å². The van der Waals surface area contributed by atoms with Gasteiger partial charge in [-0.3, -0.25) is 0 Å². The molecule has 1 unspecified atom stereocenters. The Bertz CT molecular complexity index is 649. The van der Waals surface area contributed by atoms with Crippen molar-refractivity contribution in [3.63, 3.8) is 0 Å². The number of nitrogens with two attached hydrogens (primary N) is 1. The minimum atomic E-state index is -3.67. The second-order valence-corrected chi connectivity index (χ2v) is 5.88. The fourth-order valence-corrected chi connectivity index (χ4v) is 2.65. The van der Waals surface area contributed by atoms with E-state index < -0.39 is 15.3 Å². The highest BCUT2D eigenvalue weighted by Gasteiger charge is 2.19. The molecule has 0 aliphatic rings. The molecule has 2 aromatic carbocycles. The predicted molar refractivity (Wildman–Crippen MR) is 77.8 cm³/mol. The van der Waals surface area contributed by atoms with Gasteiger partial charge >= 0.3 is 0 Å². The highest BCUT2D eigenvalue weighted by molar-refractivity contribution is 7.89. The van der Waals surface area contributed by atoms with Gasteiger partial charge in [-0.15, -0.1) is 0 Å². The summed E-state index contributed by atoms with van der Waals surface area (Å²) in [7, 11) is -3.67. The van der Waals surface area contributed by atoms with Gasteiger partial charge in [0, 0.05) is 0 Å². The molecule has 2 N–H and O–H groups in total. The van der Waals surface area contributed by atoms with Crippen LogP contribution in [0.5, 0.6) is 0 Å².